The molecule has 1 heterocycles. The van der Waals surface area contributed by atoms with Crippen molar-refractivity contribution in [1.29, 1.82) is 0 Å². The molecular formula is C15H30N4OS. The summed E-state index contributed by atoms with van der Waals surface area (Å²) in [5, 5.41) is 3.06. The second kappa shape index (κ2) is 9.33. The maximum Gasteiger partial charge on any atom is 0.234 e. The number of amides is 1. The topological polar surface area (TPSA) is 61.6 Å². The molecule has 0 aliphatic carbocycles. The van der Waals surface area contributed by atoms with Gasteiger partial charge in [0.05, 0.1) is 17.6 Å². The van der Waals surface area contributed by atoms with Gasteiger partial charge in [-0.05, 0) is 19.8 Å². The van der Waals surface area contributed by atoms with E-state index in [1.54, 1.807) is 0 Å². The zero-order chi connectivity index (χ0) is 15.8. The van der Waals surface area contributed by atoms with E-state index in [9.17, 15) is 4.79 Å². The summed E-state index contributed by atoms with van der Waals surface area (Å²) < 4.78 is 0. The van der Waals surface area contributed by atoms with Crippen LogP contribution < -0.4 is 11.1 Å². The third-order valence-corrected chi connectivity index (χ3v) is 4.33. The van der Waals surface area contributed by atoms with Gasteiger partial charge in [-0.25, -0.2) is 0 Å². The lowest BCUT2D eigenvalue weighted by molar-refractivity contribution is -0.123. The molecule has 0 aromatic rings. The minimum atomic E-state index is 0.130. The standard InChI is InChI=1S/C15H30N4OS/c1-4-6-12(3)17-14(20)11-18-7-9-19(10-8-18)13(5-2)15(16)21/h12-13H,4-11H2,1-3H3,(H2,16,21)(H,17,20). The molecule has 1 aliphatic heterocycles. The number of nitrogens with two attached hydrogens (primary N) is 1. The van der Waals surface area contributed by atoms with Crippen molar-refractivity contribution in [2.24, 2.45) is 5.73 Å². The first-order valence-electron chi connectivity index (χ1n) is 8.03. The molecule has 2 atom stereocenters. The lowest BCUT2D eigenvalue weighted by Crippen LogP contribution is -2.55. The van der Waals surface area contributed by atoms with Gasteiger partial charge in [0.2, 0.25) is 5.91 Å². The third kappa shape index (κ3) is 6.28. The van der Waals surface area contributed by atoms with Crippen molar-refractivity contribution < 1.29 is 4.79 Å². The molecule has 0 spiro atoms. The number of carbonyl (C=O) groups is 1. The van der Waals surface area contributed by atoms with E-state index in [1.807, 2.05) is 0 Å². The van der Waals surface area contributed by atoms with Crippen molar-refractivity contribution in [3.63, 3.8) is 0 Å². The first kappa shape index (κ1) is 18.3. The largest absolute Gasteiger partial charge is 0.392 e. The summed E-state index contributed by atoms with van der Waals surface area (Å²) in [6.45, 7) is 10.4. The molecular weight excluding hydrogens is 284 g/mol. The Balaban J connectivity index is 2.33. The number of hydrogen-bond acceptors (Lipinski definition) is 4. The van der Waals surface area contributed by atoms with Gasteiger partial charge in [-0.15, -0.1) is 0 Å². The van der Waals surface area contributed by atoms with Gasteiger partial charge < -0.3 is 11.1 Å². The Bertz CT molecular complexity index is 343. The van der Waals surface area contributed by atoms with Crippen LogP contribution in [-0.2, 0) is 4.79 Å². The SMILES string of the molecule is CCCC(C)NC(=O)CN1CCN(C(CC)C(N)=S)CC1. The molecule has 122 valence electrons. The number of piperazine rings is 1. The molecule has 0 aromatic heterocycles. The highest BCUT2D eigenvalue weighted by atomic mass is 32.1. The van der Waals surface area contributed by atoms with Crippen molar-refractivity contribution in [2.75, 3.05) is 32.7 Å². The van der Waals surface area contributed by atoms with Gasteiger partial charge in [0.25, 0.3) is 0 Å². The average molecular weight is 314 g/mol. The predicted molar refractivity (Wildman–Crippen MR) is 91.4 cm³/mol. The van der Waals surface area contributed by atoms with Crippen molar-refractivity contribution in [1.82, 2.24) is 15.1 Å². The van der Waals surface area contributed by atoms with Crippen LogP contribution in [0, 0.1) is 0 Å². The Hall–Kier alpha value is -0.720. The van der Waals surface area contributed by atoms with E-state index in [-0.39, 0.29) is 18.0 Å². The second-order valence-electron chi connectivity index (χ2n) is 5.90. The number of carbonyl (C=O) groups excluding carboxylic acids is 1. The number of thiocarbonyl (C=S) groups is 1. The summed E-state index contributed by atoms with van der Waals surface area (Å²) in [7, 11) is 0. The summed E-state index contributed by atoms with van der Waals surface area (Å²) in [6.07, 6.45) is 3.08. The first-order valence-corrected chi connectivity index (χ1v) is 8.43. The molecule has 1 amide bonds. The monoisotopic (exact) mass is 314 g/mol. The van der Waals surface area contributed by atoms with Crippen LogP contribution in [0.25, 0.3) is 0 Å². The van der Waals surface area contributed by atoms with Gasteiger partial charge in [0, 0.05) is 32.2 Å². The van der Waals surface area contributed by atoms with E-state index in [2.05, 4.69) is 35.9 Å². The highest BCUT2D eigenvalue weighted by Gasteiger charge is 2.25. The lowest BCUT2D eigenvalue weighted by atomic mass is 10.1. The Morgan fingerprint density at radius 3 is 2.38 bits per heavy atom. The van der Waals surface area contributed by atoms with E-state index >= 15 is 0 Å². The van der Waals surface area contributed by atoms with E-state index < -0.39 is 0 Å². The summed E-state index contributed by atoms with van der Waals surface area (Å²) in [5.74, 6) is 0.130. The number of nitrogens with zero attached hydrogens (tertiary/aromatic N) is 2. The highest BCUT2D eigenvalue weighted by molar-refractivity contribution is 7.80. The molecule has 1 fully saturated rings. The maximum absolute atomic E-state index is 12.0. The van der Waals surface area contributed by atoms with E-state index in [0.717, 1.165) is 45.4 Å². The lowest BCUT2D eigenvalue weighted by Gasteiger charge is -2.38. The molecule has 3 N–H and O–H groups in total. The molecule has 6 heteroatoms. The van der Waals surface area contributed by atoms with Crippen molar-refractivity contribution in [3.8, 4) is 0 Å². The van der Waals surface area contributed by atoms with Gasteiger partial charge >= 0.3 is 0 Å². The minimum absolute atomic E-state index is 0.130. The van der Waals surface area contributed by atoms with Crippen LogP contribution in [-0.4, -0.2) is 65.5 Å². The first-order chi connectivity index (χ1) is 9.97. The smallest absolute Gasteiger partial charge is 0.234 e. The molecule has 1 rings (SSSR count). The van der Waals surface area contributed by atoms with E-state index in [4.69, 9.17) is 18.0 Å². The predicted octanol–water partition coefficient (Wildman–Crippen LogP) is 0.974. The van der Waals surface area contributed by atoms with Crippen LogP contribution in [0.3, 0.4) is 0 Å². The Kier molecular flexibility index (Phi) is 8.14. The Morgan fingerprint density at radius 2 is 1.90 bits per heavy atom. The molecule has 0 bridgehead atoms. The summed E-state index contributed by atoms with van der Waals surface area (Å²) >= 11 is 5.13. The molecule has 5 nitrogen and oxygen atoms in total. The summed E-state index contributed by atoms with van der Waals surface area (Å²) in [4.78, 5) is 17.1. The van der Waals surface area contributed by atoms with Gasteiger partial charge in [0.15, 0.2) is 0 Å². The molecule has 1 saturated heterocycles. The average Bonchev–Trinajstić information content (AvgIpc) is 2.41. The van der Waals surface area contributed by atoms with E-state index in [1.165, 1.54) is 0 Å². The zero-order valence-electron chi connectivity index (χ0n) is 13.6. The molecule has 0 aromatic carbocycles. The number of nitrogens with one attached hydrogen (secondary N) is 1. The van der Waals surface area contributed by atoms with Crippen molar-refractivity contribution >= 4 is 23.1 Å². The van der Waals surface area contributed by atoms with Crippen LogP contribution in [0.15, 0.2) is 0 Å². The minimum Gasteiger partial charge on any atom is -0.392 e. The van der Waals surface area contributed by atoms with Crippen LogP contribution in [0.2, 0.25) is 0 Å². The fraction of sp³-hybridized carbons (Fsp3) is 0.867. The van der Waals surface area contributed by atoms with Gasteiger partial charge in [-0.3, -0.25) is 14.6 Å². The third-order valence-electron chi connectivity index (χ3n) is 4.06. The normalized spacial score (nSPS) is 20.0. The maximum atomic E-state index is 12.0. The molecule has 1 aliphatic rings. The quantitative estimate of drug-likeness (QED) is 0.654. The fourth-order valence-corrected chi connectivity index (χ4v) is 3.22. The van der Waals surface area contributed by atoms with Crippen LogP contribution in [0.5, 0.6) is 0 Å². The molecule has 0 saturated carbocycles. The van der Waals surface area contributed by atoms with E-state index in [0.29, 0.717) is 11.5 Å². The number of hydrogen-bond donors (Lipinski definition) is 2. The van der Waals surface area contributed by atoms with Crippen LogP contribution >= 0.6 is 12.2 Å². The van der Waals surface area contributed by atoms with Crippen molar-refractivity contribution in [2.45, 2.75) is 52.1 Å². The number of rotatable bonds is 8. The Labute approximate surface area is 134 Å². The molecule has 0 radical (unpaired) electrons. The zero-order valence-corrected chi connectivity index (χ0v) is 14.4. The summed E-state index contributed by atoms with van der Waals surface area (Å²) in [5.41, 5.74) is 5.79. The van der Waals surface area contributed by atoms with Gasteiger partial charge in [-0.2, -0.15) is 0 Å². The second-order valence-corrected chi connectivity index (χ2v) is 6.37. The molecule has 2 unspecified atom stereocenters. The Morgan fingerprint density at radius 1 is 1.29 bits per heavy atom. The van der Waals surface area contributed by atoms with Gasteiger partial charge in [-0.1, -0.05) is 32.5 Å². The highest BCUT2D eigenvalue weighted by Crippen LogP contribution is 2.09. The van der Waals surface area contributed by atoms with Crippen molar-refractivity contribution in [3.05, 3.63) is 0 Å². The fourth-order valence-electron chi connectivity index (χ4n) is 2.90. The summed E-state index contributed by atoms with van der Waals surface area (Å²) in [6, 6.07) is 0.462. The van der Waals surface area contributed by atoms with Crippen LogP contribution in [0.1, 0.15) is 40.0 Å². The van der Waals surface area contributed by atoms with Crippen LogP contribution in [0.4, 0.5) is 0 Å². The molecule has 21 heavy (non-hydrogen) atoms. The van der Waals surface area contributed by atoms with Gasteiger partial charge in [0.1, 0.15) is 0 Å².